The number of carbonyl (C=O) groups is 4. The Labute approximate surface area is 145 Å². The SMILES string of the molecule is COC(=O)C(CC(=O)N[C@@H](Cc1ccccc1)C(=O)OC)NC(C)=O. The maximum atomic E-state index is 12.2. The molecule has 136 valence electrons. The third kappa shape index (κ3) is 7.03. The molecule has 0 aliphatic heterocycles. The van der Waals surface area contributed by atoms with Crippen LogP contribution in [-0.4, -0.2) is 50.1 Å². The molecule has 0 heterocycles. The van der Waals surface area contributed by atoms with Crippen molar-refractivity contribution in [1.82, 2.24) is 10.6 Å². The number of ether oxygens (including phenoxy) is 2. The molecule has 1 aromatic carbocycles. The highest BCUT2D eigenvalue weighted by molar-refractivity contribution is 5.90. The van der Waals surface area contributed by atoms with Crippen LogP contribution in [0.1, 0.15) is 18.9 Å². The molecule has 0 spiro atoms. The van der Waals surface area contributed by atoms with Gasteiger partial charge in [-0.2, -0.15) is 0 Å². The summed E-state index contributed by atoms with van der Waals surface area (Å²) in [4.78, 5) is 46.9. The molecule has 1 aromatic rings. The maximum absolute atomic E-state index is 12.2. The van der Waals surface area contributed by atoms with Crippen LogP contribution in [0.4, 0.5) is 0 Å². The molecule has 0 saturated carbocycles. The van der Waals surface area contributed by atoms with Crippen molar-refractivity contribution in [2.45, 2.75) is 31.8 Å². The molecule has 1 rings (SSSR count). The minimum atomic E-state index is -1.13. The van der Waals surface area contributed by atoms with Gasteiger partial charge in [0.15, 0.2) is 0 Å². The van der Waals surface area contributed by atoms with Gasteiger partial charge in [-0.05, 0) is 5.56 Å². The summed E-state index contributed by atoms with van der Waals surface area (Å²) >= 11 is 0. The molecular formula is C17H22N2O6. The summed E-state index contributed by atoms with van der Waals surface area (Å²) in [6.07, 6.45) is -0.114. The van der Waals surface area contributed by atoms with E-state index in [1.807, 2.05) is 30.3 Å². The Morgan fingerprint density at radius 1 is 0.920 bits per heavy atom. The van der Waals surface area contributed by atoms with E-state index in [-0.39, 0.29) is 12.8 Å². The molecular weight excluding hydrogens is 328 g/mol. The van der Waals surface area contributed by atoms with Crippen molar-refractivity contribution in [2.75, 3.05) is 14.2 Å². The lowest BCUT2D eigenvalue weighted by Crippen LogP contribution is -2.48. The normalized spacial score (nSPS) is 12.4. The van der Waals surface area contributed by atoms with Crippen molar-refractivity contribution in [3.05, 3.63) is 35.9 Å². The first-order chi connectivity index (χ1) is 11.9. The standard InChI is InChI=1S/C17H22N2O6/c1-11(20)18-14(17(23)25-3)10-15(21)19-13(16(22)24-2)9-12-7-5-4-6-8-12/h4-8,13-14H,9-10H2,1-3H3,(H,18,20)(H,19,21)/t13-,14?/m0/s1. The fourth-order valence-electron chi connectivity index (χ4n) is 2.20. The molecule has 2 N–H and O–H groups in total. The Hall–Kier alpha value is -2.90. The monoisotopic (exact) mass is 350 g/mol. The molecule has 1 unspecified atom stereocenters. The molecule has 8 nitrogen and oxygen atoms in total. The highest BCUT2D eigenvalue weighted by atomic mass is 16.5. The van der Waals surface area contributed by atoms with Gasteiger partial charge in [0.05, 0.1) is 20.6 Å². The van der Waals surface area contributed by atoms with E-state index in [4.69, 9.17) is 4.74 Å². The Kier molecular flexibility index (Phi) is 8.11. The molecule has 0 aliphatic carbocycles. The van der Waals surface area contributed by atoms with Crippen LogP contribution in [0.25, 0.3) is 0 Å². The zero-order chi connectivity index (χ0) is 18.8. The molecule has 0 saturated heterocycles. The molecule has 25 heavy (non-hydrogen) atoms. The van der Waals surface area contributed by atoms with Crippen LogP contribution in [0.5, 0.6) is 0 Å². The van der Waals surface area contributed by atoms with Crippen LogP contribution in [0, 0.1) is 0 Å². The second kappa shape index (κ2) is 10.1. The molecule has 0 bridgehead atoms. The quantitative estimate of drug-likeness (QED) is 0.636. The van der Waals surface area contributed by atoms with Gasteiger partial charge in [0.25, 0.3) is 0 Å². The Balaban J connectivity index is 2.77. The molecule has 0 radical (unpaired) electrons. The first-order valence-electron chi connectivity index (χ1n) is 7.63. The number of nitrogens with one attached hydrogen (secondary N) is 2. The van der Waals surface area contributed by atoms with E-state index in [9.17, 15) is 19.2 Å². The second-order valence-electron chi connectivity index (χ2n) is 5.31. The van der Waals surface area contributed by atoms with E-state index in [0.29, 0.717) is 0 Å². The van der Waals surface area contributed by atoms with E-state index in [1.54, 1.807) is 0 Å². The topological polar surface area (TPSA) is 111 Å². The smallest absolute Gasteiger partial charge is 0.328 e. The zero-order valence-electron chi connectivity index (χ0n) is 14.4. The third-order valence-corrected chi connectivity index (χ3v) is 3.36. The summed E-state index contributed by atoms with van der Waals surface area (Å²) in [7, 11) is 2.38. The predicted octanol–water partition coefficient (Wildman–Crippen LogP) is -0.0453. The highest BCUT2D eigenvalue weighted by Crippen LogP contribution is 2.06. The van der Waals surface area contributed by atoms with Gasteiger partial charge < -0.3 is 20.1 Å². The average molecular weight is 350 g/mol. The van der Waals surface area contributed by atoms with Crippen LogP contribution in [-0.2, 0) is 35.1 Å². The highest BCUT2D eigenvalue weighted by Gasteiger charge is 2.27. The van der Waals surface area contributed by atoms with Crippen molar-refractivity contribution < 1.29 is 28.7 Å². The molecule has 0 aromatic heterocycles. The Morgan fingerprint density at radius 2 is 1.48 bits per heavy atom. The number of hydrogen-bond donors (Lipinski definition) is 2. The first kappa shape index (κ1) is 20.1. The number of esters is 2. The van der Waals surface area contributed by atoms with Crippen molar-refractivity contribution in [3.8, 4) is 0 Å². The van der Waals surface area contributed by atoms with Crippen LogP contribution >= 0.6 is 0 Å². The van der Waals surface area contributed by atoms with Crippen molar-refractivity contribution >= 4 is 23.8 Å². The van der Waals surface area contributed by atoms with Gasteiger partial charge >= 0.3 is 11.9 Å². The van der Waals surface area contributed by atoms with Gasteiger partial charge in [-0.3, -0.25) is 9.59 Å². The van der Waals surface area contributed by atoms with E-state index in [1.165, 1.54) is 14.0 Å². The van der Waals surface area contributed by atoms with Gasteiger partial charge in [0, 0.05) is 13.3 Å². The van der Waals surface area contributed by atoms with Crippen molar-refractivity contribution in [1.29, 1.82) is 0 Å². The summed E-state index contributed by atoms with van der Waals surface area (Å²) in [5.74, 6) is -2.41. The van der Waals surface area contributed by atoms with E-state index < -0.39 is 35.8 Å². The third-order valence-electron chi connectivity index (χ3n) is 3.36. The largest absolute Gasteiger partial charge is 0.467 e. The predicted molar refractivity (Wildman–Crippen MR) is 88.3 cm³/mol. The lowest BCUT2D eigenvalue weighted by molar-refractivity contribution is -0.147. The van der Waals surface area contributed by atoms with Gasteiger partial charge in [0.1, 0.15) is 12.1 Å². The number of rotatable bonds is 8. The van der Waals surface area contributed by atoms with Gasteiger partial charge in [-0.25, -0.2) is 9.59 Å². The Bertz CT molecular complexity index is 617. The van der Waals surface area contributed by atoms with Gasteiger partial charge in [-0.1, -0.05) is 30.3 Å². The fourth-order valence-corrected chi connectivity index (χ4v) is 2.20. The van der Waals surface area contributed by atoms with Gasteiger partial charge in [-0.15, -0.1) is 0 Å². The first-order valence-corrected chi connectivity index (χ1v) is 7.63. The average Bonchev–Trinajstić information content (AvgIpc) is 2.59. The molecule has 0 fully saturated rings. The fraction of sp³-hybridized carbons (Fsp3) is 0.412. The second-order valence-corrected chi connectivity index (χ2v) is 5.31. The number of hydrogen-bond acceptors (Lipinski definition) is 6. The number of methoxy groups -OCH3 is 2. The minimum absolute atomic E-state index is 0.238. The molecule has 2 atom stereocenters. The van der Waals surface area contributed by atoms with Crippen LogP contribution in [0.3, 0.4) is 0 Å². The molecule has 8 heteroatoms. The summed E-state index contributed by atoms with van der Waals surface area (Å²) in [5, 5.41) is 4.86. The minimum Gasteiger partial charge on any atom is -0.467 e. The van der Waals surface area contributed by atoms with Crippen molar-refractivity contribution in [3.63, 3.8) is 0 Å². The van der Waals surface area contributed by atoms with Crippen LogP contribution in [0.15, 0.2) is 30.3 Å². The lowest BCUT2D eigenvalue weighted by atomic mass is 10.1. The van der Waals surface area contributed by atoms with Crippen LogP contribution < -0.4 is 10.6 Å². The maximum Gasteiger partial charge on any atom is 0.328 e. The molecule has 0 aliphatic rings. The number of amides is 2. The summed E-state index contributed by atoms with van der Waals surface area (Å²) in [6, 6.07) is 7.07. The summed E-state index contributed by atoms with van der Waals surface area (Å²) in [5.41, 5.74) is 0.838. The van der Waals surface area contributed by atoms with E-state index in [2.05, 4.69) is 15.4 Å². The summed E-state index contributed by atoms with van der Waals surface area (Å²) in [6.45, 7) is 1.22. The lowest BCUT2D eigenvalue weighted by Gasteiger charge is -2.19. The molecule has 2 amide bonds. The number of carbonyl (C=O) groups excluding carboxylic acids is 4. The Morgan fingerprint density at radius 3 is 2.00 bits per heavy atom. The van der Waals surface area contributed by atoms with E-state index >= 15 is 0 Å². The van der Waals surface area contributed by atoms with Crippen molar-refractivity contribution in [2.24, 2.45) is 0 Å². The zero-order valence-corrected chi connectivity index (χ0v) is 14.4. The van der Waals surface area contributed by atoms with E-state index in [0.717, 1.165) is 12.7 Å². The van der Waals surface area contributed by atoms with Gasteiger partial charge in [0.2, 0.25) is 11.8 Å². The summed E-state index contributed by atoms with van der Waals surface area (Å²) < 4.78 is 9.27. The van der Waals surface area contributed by atoms with Crippen LogP contribution in [0.2, 0.25) is 0 Å². The number of benzene rings is 1.